The number of carbonyl (C=O) groups is 1. The molecule has 1 fully saturated rings. The van der Waals surface area contributed by atoms with E-state index < -0.39 is 18.1 Å². The van der Waals surface area contributed by atoms with Gasteiger partial charge in [-0.2, -0.15) is 0 Å². The Kier molecular flexibility index (Phi) is 8.11. The van der Waals surface area contributed by atoms with Gasteiger partial charge in [-0.05, 0) is 80.9 Å². The van der Waals surface area contributed by atoms with Gasteiger partial charge in [0.25, 0.3) is 0 Å². The maximum Gasteiger partial charge on any atom is 0.308 e. The molecule has 1 N–H and O–H groups in total. The van der Waals surface area contributed by atoms with E-state index in [2.05, 4.69) is 14.9 Å². The number of oxazole rings is 1. The van der Waals surface area contributed by atoms with Gasteiger partial charge in [-0.25, -0.2) is 9.37 Å². The van der Waals surface area contributed by atoms with Crippen LogP contribution in [-0.2, 0) is 11.2 Å². The van der Waals surface area contributed by atoms with Crippen molar-refractivity contribution in [2.45, 2.75) is 44.7 Å². The SMILES string of the molecule is COc1ccc2nccc(C(F)CC[C@@H]3CCN(CCCCc4ncco4)C[C@@H]3C(=O)O)c2c1. The Balaban J connectivity index is 1.31. The van der Waals surface area contributed by atoms with Gasteiger partial charge in [0, 0.05) is 24.5 Å². The topological polar surface area (TPSA) is 88.7 Å². The molecule has 0 spiro atoms. The highest BCUT2D eigenvalue weighted by Gasteiger charge is 2.34. The first-order valence-corrected chi connectivity index (χ1v) is 12.0. The van der Waals surface area contributed by atoms with E-state index in [9.17, 15) is 9.90 Å². The summed E-state index contributed by atoms with van der Waals surface area (Å²) in [4.78, 5) is 22.7. The molecular weight excluding hydrogens is 437 g/mol. The number of nitrogens with zero attached hydrogens (tertiary/aromatic N) is 3. The third-order valence-electron chi connectivity index (χ3n) is 6.87. The lowest BCUT2D eigenvalue weighted by Crippen LogP contribution is -2.44. The first-order valence-electron chi connectivity index (χ1n) is 12.0. The van der Waals surface area contributed by atoms with E-state index in [0.29, 0.717) is 30.7 Å². The number of aromatic nitrogens is 2. The summed E-state index contributed by atoms with van der Waals surface area (Å²) in [6, 6.07) is 7.16. The quantitative estimate of drug-likeness (QED) is 0.392. The van der Waals surface area contributed by atoms with Crippen LogP contribution >= 0.6 is 0 Å². The molecule has 1 saturated heterocycles. The van der Waals surface area contributed by atoms with Gasteiger partial charge in [0.05, 0.1) is 24.7 Å². The average Bonchev–Trinajstić information content (AvgIpc) is 3.38. The van der Waals surface area contributed by atoms with Crippen molar-refractivity contribution in [3.63, 3.8) is 0 Å². The lowest BCUT2D eigenvalue weighted by molar-refractivity contribution is -0.146. The molecule has 1 aliphatic rings. The molecule has 0 aliphatic carbocycles. The monoisotopic (exact) mass is 469 g/mol. The van der Waals surface area contributed by atoms with Crippen LogP contribution in [0.3, 0.4) is 0 Å². The Labute approximate surface area is 199 Å². The van der Waals surface area contributed by atoms with Crippen molar-refractivity contribution < 1.29 is 23.4 Å². The third-order valence-corrected chi connectivity index (χ3v) is 6.87. The summed E-state index contributed by atoms with van der Waals surface area (Å²) in [7, 11) is 1.58. The number of unbranched alkanes of at least 4 members (excludes halogenated alkanes) is 1. The van der Waals surface area contributed by atoms with Crippen LogP contribution < -0.4 is 4.74 Å². The molecule has 1 aromatic carbocycles. The van der Waals surface area contributed by atoms with Crippen LogP contribution in [0.1, 0.15) is 49.7 Å². The standard InChI is InChI=1S/C26H32FN3O4/c1-33-19-6-8-24-21(16-19)20(9-11-28-24)23(27)7-5-18-10-14-30(17-22(18)26(31)32)13-3-2-4-25-29-12-15-34-25/h6,8-9,11-12,15-16,18,22-23H,2-5,7,10,13-14,17H2,1H3,(H,31,32)/t18-,22+,23?/m1/s1. The van der Waals surface area contributed by atoms with Crippen LogP contribution in [0.2, 0.25) is 0 Å². The number of carboxylic acids is 1. The van der Waals surface area contributed by atoms with E-state index in [1.165, 1.54) is 0 Å². The van der Waals surface area contributed by atoms with Gasteiger partial charge < -0.3 is 19.2 Å². The van der Waals surface area contributed by atoms with Gasteiger partial charge in [0.1, 0.15) is 18.2 Å². The van der Waals surface area contributed by atoms with Crippen LogP contribution in [0.15, 0.2) is 47.3 Å². The fourth-order valence-electron chi connectivity index (χ4n) is 4.95. The highest BCUT2D eigenvalue weighted by molar-refractivity contribution is 5.83. The van der Waals surface area contributed by atoms with Crippen molar-refractivity contribution in [1.82, 2.24) is 14.9 Å². The van der Waals surface area contributed by atoms with Crippen molar-refractivity contribution >= 4 is 16.9 Å². The molecule has 0 saturated carbocycles. The molecule has 3 aromatic rings. The molecule has 3 heterocycles. The zero-order valence-corrected chi connectivity index (χ0v) is 19.5. The van der Waals surface area contributed by atoms with E-state index in [4.69, 9.17) is 9.15 Å². The summed E-state index contributed by atoms with van der Waals surface area (Å²) in [6.07, 6.45) is 7.98. The lowest BCUT2D eigenvalue weighted by Gasteiger charge is -2.36. The molecule has 34 heavy (non-hydrogen) atoms. The van der Waals surface area contributed by atoms with Gasteiger partial charge in [-0.15, -0.1) is 0 Å². The number of piperidine rings is 1. The van der Waals surface area contributed by atoms with Crippen LogP contribution in [0.5, 0.6) is 5.75 Å². The zero-order valence-electron chi connectivity index (χ0n) is 19.5. The Bertz CT molecular complexity index is 1080. The number of benzene rings is 1. The number of ether oxygens (including phenoxy) is 1. The highest BCUT2D eigenvalue weighted by Crippen LogP contribution is 2.35. The molecule has 3 atom stereocenters. The molecule has 0 radical (unpaired) electrons. The Morgan fingerprint density at radius 1 is 1.29 bits per heavy atom. The molecular formula is C26H32FN3O4. The number of methoxy groups -OCH3 is 1. The lowest BCUT2D eigenvalue weighted by atomic mass is 9.81. The maximum atomic E-state index is 15.3. The zero-order chi connectivity index (χ0) is 23.9. The smallest absolute Gasteiger partial charge is 0.308 e. The number of hydrogen-bond donors (Lipinski definition) is 1. The summed E-state index contributed by atoms with van der Waals surface area (Å²) < 4.78 is 25.9. The number of pyridine rings is 1. The first kappa shape index (κ1) is 24.1. The van der Waals surface area contributed by atoms with Gasteiger partial charge in [0.15, 0.2) is 5.89 Å². The summed E-state index contributed by atoms with van der Waals surface area (Å²) in [6.45, 7) is 2.22. The minimum atomic E-state index is -1.18. The molecule has 2 aromatic heterocycles. The predicted molar refractivity (Wildman–Crippen MR) is 126 cm³/mol. The molecule has 182 valence electrons. The average molecular weight is 470 g/mol. The molecule has 0 bridgehead atoms. The van der Waals surface area contributed by atoms with Gasteiger partial charge in [-0.3, -0.25) is 9.78 Å². The van der Waals surface area contributed by atoms with Gasteiger partial charge in [-0.1, -0.05) is 0 Å². The van der Waals surface area contributed by atoms with E-state index in [1.807, 2.05) is 18.2 Å². The number of carboxylic acid groups (broad SMARTS) is 1. The Hall–Kier alpha value is -3.00. The number of hydrogen-bond acceptors (Lipinski definition) is 6. The van der Waals surface area contributed by atoms with Crippen molar-refractivity contribution in [1.29, 1.82) is 0 Å². The number of aryl methyl sites for hydroxylation is 1. The molecule has 1 unspecified atom stereocenters. The summed E-state index contributed by atoms with van der Waals surface area (Å²) in [5.74, 6) is 0.115. The fraction of sp³-hybridized carbons (Fsp3) is 0.500. The number of halogens is 1. The molecule has 1 aliphatic heterocycles. The highest BCUT2D eigenvalue weighted by atomic mass is 19.1. The summed E-state index contributed by atoms with van der Waals surface area (Å²) in [5, 5.41) is 10.6. The van der Waals surface area contributed by atoms with Crippen LogP contribution in [-0.4, -0.2) is 52.7 Å². The van der Waals surface area contributed by atoms with Crippen LogP contribution in [0.4, 0.5) is 4.39 Å². The Morgan fingerprint density at radius 3 is 2.94 bits per heavy atom. The molecule has 7 nitrogen and oxygen atoms in total. The number of rotatable bonds is 11. The predicted octanol–water partition coefficient (Wildman–Crippen LogP) is 5.07. The van der Waals surface area contributed by atoms with Crippen LogP contribution in [0, 0.1) is 11.8 Å². The van der Waals surface area contributed by atoms with E-state index in [0.717, 1.165) is 55.6 Å². The second-order valence-corrected chi connectivity index (χ2v) is 9.01. The van der Waals surface area contributed by atoms with Crippen molar-refractivity contribution in [3.8, 4) is 5.75 Å². The van der Waals surface area contributed by atoms with Crippen molar-refractivity contribution in [2.24, 2.45) is 11.8 Å². The number of fused-ring (bicyclic) bond motifs is 1. The van der Waals surface area contributed by atoms with E-state index >= 15 is 4.39 Å². The first-order chi connectivity index (χ1) is 16.5. The number of likely N-dealkylation sites (tertiary alicyclic amines) is 1. The minimum Gasteiger partial charge on any atom is -0.497 e. The van der Waals surface area contributed by atoms with Gasteiger partial charge >= 0.3 is 5.97 Å². The van der Waals surface area contributed by atoms with Crippen molar-refractivity contribution in [3.05, 3.63) is 54.4 Å². The molecule has 0 amide bonds. The maximum absolute atomic E-state index is 15.3. The molecule has 4 rings (SSSR count). The minimum absolute atomic E-state index is 0.0260. The van der Waals surface area contributed by atoms with Gasteiger partial charge in [0.2, 0.25) is 0 Å². The summed E-state index contributed by atoms with van der Waals surface area (Å²) >= 11 is 0. The number of aliphatic carboxylic acids is 1. The van der Waals surface area contributed by atoms with Crippen LogP contribution in [0.25, 0.3) is 10.9 Å². The summed E-state index contributed by atoms with van der Waals surface area (Å²) in [5.41, 5.74) is 1.31. The largest absolute Gasteiger partial charge is 0.497 e. The normalized spacial score (nSPS) is 19.8. The number of alkyl halides is 1. The molecule has 8 heteroatoms. The fourth-order valence-corrected chi connectivity index (χ4v) is 4.95. The van der Waals surface area contributed by atoms with E-state index in [1.54, 1.807) is 31.8 Å². The second kappa shape index (κ2) is 11.4. The Morgan fingerprint density at radius 2 is 2.18 bits per heavy atom. The third kappa shape index (κ3) is 5.91. The second-order valence-electron chi connectivity index (χ2n) is 9.01. The van der Waals surface area contributed by atoms with E-state index in [-0.39, 0.29) is 5.92 Å². The van der Waals surface area contributed by atoms with Crippen molar-refractivity contribution in [2.75, 3.05) is 26.7 Å².